The molecule has 0 spiro atoms. The zero-order valence-electron chi connectivity index (χ0n) is 12.2. The maximum absolute atomic E-state index is 12.6. The first-order valence-corrected chi connectivity index (χ1v) is 8.63. The summed E-state index contributed by atoms with van der Waals surface area (Å²) >= 11 is 13.3. The standard InChI is InChI=1S/C15H12Cl2N2O4S/c16-8-1-2-9(10(17)5-8)13-18-11(7-24-13)14(20)19-3-4-23-6-12(19)15(21)22/h1-2,5,7,12H,3-4,6H2,(H,21,22)/t12-/m0/s1. The smallest absolute Gasteiger partial charge is 0.328 e. The van der Waals surface area contributed by atoms with Gasteiger partial charge in [-0.05, 0) is 18.2 Å². The molecule has 0 bridgehead atoms. The SMILES string of the molecule is O=C(O)[C@@H]1COCCN1C(=O)c1csc(-c2ccc(Cl)cc2Cl)n1. The average molecular weight is 387 g/mol. The highest BCUT2D eigenvalue weighted by Gasteiger charge is 2.34. The van der Waals surface area contributed by atoms with E-state index in [9.17, 15) is 14.7 Å². The first-order valence-electron chi connectivity index (χ1n) is 7.00. The predicted molar refractivity (Wildman–Crippen MR) is 90.8 cm³/mol. The molecule has 0 aliphatic carbocycles. The van der Waals surface area contributed by atoms with Gasteiger partial charge in [0.15, 0.2) is 6.04 Å². The summed E-state index contributed by atoms with van der Waals surface area (Å²) in [6.45, 7) is 0.487. The molecule has 1 amide bonds. The molecule has 1 aliphatic rings. The fourth-order valence-electron chi connectivity index (χ4n) is 2.36. The van der Waals surface area contributed by atoms with Crippen LogP contribution in [0.5, 0.6) is 0 Å². The highest BCUT2D eigenvalue weighted by Crippen LogP contribution is 2.32. The Bertz CT molecular complexity index is 796. The first kappa shape index (κ1) is 17.2. The summed E-state index contributed by atoms with van der Waals surface area (Å²) in [7, 11) is 0. The topological polar surface area (TPSA) is 79.7 Å². The fourth-order valence-corrected chi connectivity index (χ4v) is 3.74. The fraction of sp³-hybridized carbons (Fsp3) is 0.267. The Morgan fingerprint density at radius 1 is 1.38 bits per heavy atom. The molecule has 1 atom stereocenters. The molecule has 0 radical (unpaired) electrons. The average Bonchev–Trinajstić information content (AvgIpc) is 3.03. The summed E-state index contributed by atoms with van der Waals surface area (Å²) in [5, 5.41) is 12.3. The second-order valence-electron chi connectivity index (χ2n) is 5.09. The molecule has 1 aromatic heterocycles. The summed E-state index contributed by atoms with van der Waals surface area (Å²) in [5.74, 6) is -1.53. The van der Waals surface area contributed by atoms with Crippen molar-refractivity contribution in [3.63, 3.8) is 0 Å². The third-order valence-corrected chi connectivity index (χ3v) is 4.98. The van der Waals surface area contributed by atoms with Gasteiger partial charge in [-0.2, -0.15) is 0 Å². The zero-order valence-corrected chi connectivity index (χ0v) is 14.6. The van der Waals surface area contributed by atoms with Crippen LogP contribution in [0.1, 0.15) is 10.5 Å². The number of aliphatic carboxylic acids is 1. The highest BCUT2D eigenvalue weighted by atomic mass is 35.5. The minimum atomic E-state index is -1.10. The number of amides is 1. The molecule has 1 saturated heterocycles. The van der Waals surface area contributed by atoms with Gasteiger partial charge in [-0.15, -0.1) is 11.3 Å². The van der Waals surface area contributed by atoms with Gasteiger partial charge in [-0.25, -0.2) is 9.78 Å². The Kier molecular flexibility index (Phi) is 5.05. The second kappa shape index (κ2) is 7.06. The second-order valence-corrected chi connectivity index (χ2v) is 6.79. The molecular formula is C15H12Cl2N2O4S. The molecule has 2 aromatic rings. The van der Waals surface area contributed by atoms with E-state index in [0.717, 1.165) is 0 Å². The van der Waals surface area contributed by atoms with Crippen LogP contribution in [0.2, 0.25) is 10.0 Å². The maximum Gasteiger partial charge on any atom is 0.328 e. The van der Waals surface area contributed by atoms with Crippen LogP contribution < -0.4 is 0 Å². The molecule has 1 N–H and O–H groups in total. The number of ether oxygens (including phenoxy) is 1. The van der Waals surface area contributed by atoms with Gasteiger partial charge in [0.25, 0.3) is 5.91 Å². The molecule has 9 heteroatoms. The van der Waals surface area contributed by atoms with Crippen LogP contribution >= 0.6 is 34.5 Å². The van der Waals surface area contributed by atoms with Gasteiger partial charge < -0.3 is 14.7 Å². The number of benzene rings is 1. The van der Waals surface area contributed by atoms with Gasteiger partial charge in [0, 0.05) is 22.5 Å². The van der Waals surface area contributed by atoms with Crippen molar-refractivity contribution >= 4 is 46.4 Å². The number of rotatable bonds is 3. The van der Waals surface area contributed by atoms with Crippen LogP contribution in [-0.2, 0) is 9.53 Å². The van der Waals surface area contributed by atoms with Gasteiger partial charge in [0.2, 0.25) is 0 Å². The molecule has 6 nitrogen and oxygen atoms in total. The van der Waals surface area contributed by atoms with E-state index in [1.54, 1.807) is 23.6 Å². The minimum absolute atomic E-state index is 0.0267. The van der Waals surface area contributed by atoms with E-state index in [4.69, 9.17) is 27.9 Å². The maximum atomic E-state index is 12.6. The number of carboxylic acid groups (broad SMARTS) is 1. The lowest BCUT2D eigenvalue weighted by molar-refractivity contribution is -0.147. The van der Waals surface area contributed by atoms with E-state index in [2.05, 4.69) is 4.98 Å². The van der Waals surface area contributed by atoms with E-state index < -0.39 is 17.9 Å². The monoisotopic (exact) mass is 386 g/mol. The lowest BCUT2D eigenvalue weighted by Gasteiger charge is -2.32. The van der Waals surface area contributed by atoms with Crippen LogP contribution in [-0.4, -0.2) is 52.7 Å². The lowest BCUT2D eigenvalue weighted by Crippen LogP contribution is -2.52. The van der Waals surface area contributed by atoms with Crippen LogP contribution in [0.4, 0.5) is 0 Å². The van der Waals surface area contributed by atoms with E-state index >= 15 is 0 Å². The highest BCUT2D eigenvalue weighted by molar-refractivity contribution is 7.13. The van der Waals surface area contributed by atoms with E-state index in [-0.39, 0.29) is 18.8 Å². The zero-order chi connectivity index (χ0) is 17.3. The quantitative estimate of drug-likeness (QED) is 0.876. The lowest BCUT2D eigenvalue weighted by atomic mass is 10.2. The molecule has 0 unspecified atom stereocenters. The van der Waals surface area contributed by atoms with Crippen LogP contribution in [0.15, 0.2) is 23.6 Å². The van der Waals surface area contributed by atoms with Crippen molar-refractivity contribution in [2.75, 3.05) is 19.8 Å². The van der Waals surface area contributed by atoms with Crippen LogP contribution in [0.25, 0.3) is 10.6 Å². The third-order valence-electron chi connectivity index (χ3n) is 3.56. The Morgan fingerprint density at radius 2 is 2.17 bits per heavy atom. The number of halogens is 2. The van der Waals surface area contributed by atoms with Crippen LogP contribution in [0, 0.1) is 0 Å². The molecular weight excluding hydrogens is 375 g/mol. The number of carboxylic acids is 1. The number of aromatic nitrogens is 1. The Hall–Kier alpha value is -1.67. The normalized spacial score (nSPS) is 17.8. The van der Waals surface area contributed by atoms with Crippen molar-refractivity contribution in [3.05, 3.63) is 39.3 Å². The molecule has 24 heavy (non-hydrogen) atoms. The number of hydrogen-bond donors (Lipinski definition) is 1. The number of carbonyl (C=O) groups excluding carboxylic acids is 1. The predicted octanol–water partition coefficient (Wildman–Crippen LogP) is 3.04. The Labute approximate surface area is 151 Å². The number of thiazole rings is 1. The number of carbonyl (C=O) groups is 2. The largest absolute Gasteiger partial charge is 0.480 e. The molecule has 3 rings (SSSR count). The number of morpholine rings is 1. The van der Waals surface area contributed by atoms with Crippen molar-refractivity contribution in [2.45, 2.75) is 6.04 Å². The summed E-state index contributed by atoms with van der Waals surface area (Å²) in [5.41, 5.74) is 0.857. The molecule has 1 aliphatic heterocycles. The minimum Gasteiger partial charge on any atom is -0.480 e. The molecule has 2 heterocycles. The van der Waals surface area contributed by atoms with Crippen molar-refractivity contribution < 1.29 is 19.4 Å². The van der Waals surface area contributed by atoms with Gasteiger partial charge in [0.1, 0.15) is 10.7 Å². The summed E-state index contributed by atoms with van der Waals surface area (Å²) in [4.78, 5) is 29.5. The molecule has 126 valence electrons. The van der Waals surface area contributed by atoms with Crippen molar-refractivity contribution in [1.29, 1.82) is 0 Å². The van der Waals surface area contributed by atoms with E-state index in [0.29, 0.717) is 27.2 Å². The van der Waals surface area contributed by atoms with Gasteiger partial charge in [-0.1, -0.05) is 23.2 Å². The number of hydrogen-bond acceptors (Lipinski definition) is 5. The summed E-state index contributed by atoms with van der Waals surface area (Å²) in [6.07, 6.45) is 0. The van der Waals surface area contributed by atoms with E-state index in [1.165, 1.54) is 16.2 Å². The van der Waals surface area contributed by atoms with Gasteiger partial charge in [-0.3, -0.25) is 4.79 Å². The van der Waals surface area contributed by atoms with Crippen molar-refractivity contribution in [1.82, 2.24) is 9.88 Å². The summed E-state index contributed by atoms with van der Waals surface area (Å²) in [6, 6.07) is 4.01. The third kappa shape index (κ3) is 3.39. The Morgan fingerprint density at radius 3 is 2.88 bits per heavy atom. The summed E-state index contributed by atoms with van der Waals surface area (Å²) < 4.78 is 5.14. The molecule has 1 aromatic carbocycles. The molecule has 0 saturated carbocycles. The van der Waals surface area contributed by atoms with Crippen molar-refractivity contribution in [3.8, 4) is 10.6 Å². The van der Waals surface area contributed by atoms with Crippen molar-refractivity contribution in [2.24, 2.45) is 0 Å². The van der Waals surface area contributed by atoms with Crippen LogP contribution in [0.3, 0.4) is 0 Å². The van der Waals surface area contributed by atoms with E-state index in [1.807, 2.05) is 0 Å². The van der Waals surface area contributed by atoms with Gasteiger partial charge >= 0.3 is 5.97 Å². The molecule has 1 fully saturated rings. The number of nitrogens with zero attached hydrogens (tertiary/aromatic N) is 2. The first-order chi connectivity index (χ1) is 11.5. The Balaban J connectivity index is 1.87. The van der Waals surface area contributed by atoms with Gasteiger partial charge in [0.05, 0.1) is 18.2 Å².